The van der Waals surface area contributed by atoms with Crippen LogP contribution in [0.15, 0.2) is 42.5 Å². The van der Waals surface area contributed by atoms with Gasteiger partial charge in [-0.1, -0.05) is 42.5 Å². The summed E-state index contributed by atoms with van der Waals surface area (Å²) in [5.74, 6) is 0.0961. The van der Waals surface area contributed by atoms with E-state index in [4.69, 9.17) is 5.73 Å². The van der Waals surface area contributed by atoms with Crippen molar-refractivity contribution in [2.75, 3.05) is 6.54 Å². The van der Waals surface area contributed by atoms with Crippen molar-refractivity contribution in [2.45, 2.75) is 32.2 Å². The quantitative estimate of drug-likeness (QED) is 0.847. The van der Waals surface area contributed by atoms with Gasteiger partial charge >= 0.3 is 0 Å². The summed E-state index contributed by atoms with van der Waals surface area (Å²) in [7, 11) is 0. The molecule has 0 aliphatic heterocycles. The molecule has 0 saturated heterocycles. The lowest BCUT2D eigenvalue weighted by molar-refractivity contribution is -0.121. The molecular weight excluding hydrogens is 248 g/mol. The molecule has 0 aliphatic carbocycles. The van der Waals surface area contributed by atoms with Gasteiger partial charge in [0.25, 0.3) is 0 Å². The third-order valence-corrected chi connectivity index (χ3v) is 3.38. The van der Waals surface area contributed by atoms with E-state index in [1.807, 2.05) is 19.1 Å². The Morgan fingerprint density at radius 1 is 1.20 bits per heavy atom. The Kier molecular flexibility index (Phi) is 5.13. The maximum atomic E-state index is 11.7. The van der Waals surface area contributed by atoms with E-state index >= 15 is 0 Å². The highest BCUT2D eigenvalue weighted by atomic mass is 16.1. The summed E-state index contributed by atoms with van der Waals surface area (Å²) in [6.07, 6.45) is 2.12. The largest absolute Gasteiger partial charge is 0.356 e. The number of benzene rings is 2. The zero-order valence-electron chi connectivity index (χ0n) is 11.9. The maximum Gasteiger partial charge on any atom is 0.220 e. The van der Waals surface area contributed by atoms with Crippen LogP contribution in [0.5, 0.6) is 0 Å². The molecule has 0 saturated carbocycles. The van der Waals surface area contributed by atoms with E-state index < -0.39 is 0 Å². The minimum Gasteiger partial charge on any atom is -0.356 e. The van der Waals surface area contributed by atoms with Crippen LogP contribution < -0.4 is 11.1 Å². The Labute approximate surface area is 120 Å². The standard InChI is InChI=1S/C17H22N2O/c1-13(18)10-11-19-17(20)9-7-14-6-8-15-4-2-3-5-16(15)12-14/h2-6,8,12-13H,7,9-11,18H2,1H3,(H,19,20). The SMILES string of the molecule is CC(N)CCNC(=O)CCc1ccc2ccccc2c1. The summed E-state index contributed by atoms with van der Waals surface area (Å²) in [6, 6.07) is 14.8. The molecule has 3 nitrogen and oxygen atoms in total. The average Bonchev–Trinajstić information content (AvgIpc) is 2.44. The van der Waals surface area contributed by atoms with Crippen LogP contribution in [0.25, 0.3) is 10.8 Å². The molecule has 0 bridgehead atoms. The van der Waals surface area contributed by atoms with E-state index in [1.165, 1.54) is 16.3 Å². The number of hydrogen-bond donors (Lipinski definition) is 2. The number of aryl methyl sites for hydroxylation is 1. The fourth-order valence-electron chi connectivity index (χ4n) is 2.18. The van der Waals surface area contributed by atoms with E-state index in [2.05, 4.69) is 35.6 Å². The van der Waals surface area contributed by atoms with Crippen molar-refractivity contribution in [2.24, 2.45) is 5.73 Å². The fourth-order valence-corrected chi connectivity index (χ4v) is 2.18. The number of hydrogen-bond acceptors (Lipinski definition) is 2. The van der Waals surface area contributed by atoms with Crippen molar-refractivity contribution < 1.29 is 4.79 Å². The first-order chi connectivity index (χ1) is 9.65. The van der Waals surface area contributed by atoms with Crippen LogP contribution in [-0.2, 0) is 11.2 Å². The molecule has 20 heavy (non-hydrogen) atoms. The maximum absolute atomic E-state index is 11.7. The normalized spacial score (nSPS) is 12.3. The van der Waals surface area contributed by atoms with Gasteiger partial charge in [-0.15, -0.1) is 0 Å². The number of amides is 1. The summed E-state index contributed by atoms with van der Waals surface area (Å²) >= 11 is 0. The lowest BCUT2D eigenvalue weighted by Gasteiger charge is -2.07. The molecule has 0 aromatic heterocycles. The second-order valence-electron chi connectivity index (χ2n) is 5.30. The summed E-state index contributed by atoms with van der Waals surface area (Å²) in [5, 5.41) is 5.36. The van der Waals surface area contributed by atoms with Gasteiger partial charge in [0, 0.05) is 19.0 Å². The van der Waals surface area contributed by atoms with Gasteiger partial charge in [0.05, 0.1) is 0 Å². The number of rotatable bonds is 6. The van der Waals surface area contributed by atoms with Crippen molar-refractivity contribution in [3.8, 4) is 0 Å². The van der Waals surface area contributed by atoms with Crippen LogP contribution in [0, 0.1) is 0 Å². The summed E-state index contributed by atoms with van der Waals surface area (Å²) in [5.41, 5.74) is 6.85. The Morgan fingerprint density at radius 2 is 1.95 bits per heavy atom. The van der Waals surface area contributed by atoms with Crippen molar-refractivity contribution in [3.63, 3.8) is 0 Å². The van der Waals surface area contributed by atoms with Crippen LogP contribution in [0.4, 0.5) is 0 Å². The molecule has 2 aromatic rings. The van der Waals surface area contributed by atoms with Gasteiger partial charge in [-0.3, -0.25) is 4.79 Å². The zero-order valence-corrected chi connectivity index (χ0v) is 11.9. The van der Waals surface area contributed by atoms with Crippen LogP contribution in [0.2, 0.25) is 0 Å². The van der Waals surface area contributed by atoms with Crippen molar-refractivity contribution >= 4 is 16.7 Å². The number of carbonyl (C=O) groups excluding carboxylic acids is 1. The molecule has 0 heterocycles. The highest BCUT2D eigenvalue weighted by Gasteiger charge is 2.03. The Morgan fingerprint density at radius 3 is 2.70 bits per heavy atom. The first-order valence-electron chi connectivity index (χ1n) is 7.15. The van der Waals surface area contributed by atoms with Crippen molar-refractivity contribution in [1.29, 1.82) is 0 Å². The van der Waals surface area contributed by atoms with Gasteiger partial charge in [-0.05, 0) is 36.1 Å². The number of carbonyl (C=O) groups is 1. The van der Waals surface area contributed by atoms with E-state index in [-0.39, 0.29) is 11.9 Å². The van der Waals surface area contributed by atoms with E-state index in [9.17, 15) is 4.79 Å². The van der Waals surface area contributed by atoms with Gasteiger partial charge in [-0.25, -0.2) is 0 Å². The Bertz CT molecular complexity index is 578. The van der Waals surface area contributed by atoms with Crippen molar-refractivity contribution in [1.82, 2.24) is 5.32 Å². The molecule has 2 aromatic carbocycles. The van der Waals surface area contributed by atoms with E-state index in [0.717, 1.165) is 12.8 Å². The third kappa shape index (κ3) is 4.35. The second kappa shape index (κ2) is 7.06. The first kappa shape index (κ1) is 14.5. The number of fused-ring (bicyclic) bond motifs is 1. The predicted molar refractivity (Wildman–Crippen MR) is 83.5 cm³/mol. The van der Waals surface area contributed by atoms with Crippen LogP contribution in [0.3, 0.4) is 0 Å². The predicted octanol–water partition coefficient (Wildman–Crippen LogP) is 2.63. The molecule has 3 heteroatoms. The molecular formula is C17H22N2O. The van der Waals surface area contributed by atoms with E-state index in [1.54, 1.807) is 0 Å². The lowest BCUT2D eigenvalue weighted by atomic mass is 10.0. The van der Waals surface area contributed by atoms with Crippen LogP contribution in [0.1, 0.15) is 25.3 Å². The summed E-state index contributed by atoms with van der Waals surface area (Å²) in [4.78, 5) is 11.7. The average molecular weight is 270 g/mol. The second-order valence-corrected chi connectivity index (χ2v) is 5.30. The van der Waals surface area contributed by atoms with Gasteiger partial charge in [0.2, 0.25) is 5.91 Å². The first-order valence-corrected chi connectivity index (χ1v) is 7.15. The number of nitrogens with two attached hydrogens (primary N) is 1. The smallest absolute Gasteiger partial charge is 0.220 e. The topological polar surface area (TPSA) is 55.1 Å². The summed E-state index contributed by atoms with van der Waals surface area (Å²) < 4.78 is 0. The lowest BCUT2D eigenvalue weighted by Crippen LogP contribution is -2.29. The van der Waals surface area contributed by atoms with Gasteiger partial charge in [0.1, 0.15) is 0 Å². The van der Waals surface area contributed by atoms with Crippen LogP contribution in [-0.4, -0.2) is 18.5 Å². The molecule has 1 atom stereocenters. The molecule has 1 unspecified atom stereocenters. The van der Waals surface area contributed by atoms with Crippen LogP contribution >= 0.6 is 0 Å². The summed E-state index contributed by atoms with van der Waals surface area (Å²) in [6.45, 7) is 2.61. The van der Waals surface area contributed by atoms with Crippen molar-refractivity contribution in [3.05, 3.63) is 48.0 Å². The zero-order chi connectivity index (χ0) is 14.4. The highest BCUT2D eigenvalue weighted by Crippen LogP contribution is 2.16. The fraction of sp³-hybridized carbons (Fsp3) is 0.353. The molecule has 106 valence electrons. The van der Waals surface area contributed by atoms with Gasteiger partial charge < -0.3 is 11.1 Å². The molecule has 3 N–H and O–H groups in total. The molecule has 0 fully saturated rings. The highest BCUT2D eigenvalue weighted by molar-refractivity contribution is 5.83. The minimum atomic E-state index is 0.0961. The van der Waals surface area contributed by atoms with Gasteiger partial charge in [0.15, 0.2) is 0 Å². The Balaban J connectivity index is 1.84. The third-order valence-electron chi connectivity index (χ3n) is 3.38. The Hall–Kier alpha value is -1.87. The molecule has 0 radical (unpaired) electrons. The number of nitrogens with one attached hydrogen (secondary N) is 1. The molecule has 0 spiro atoms. The molecule has 0 aliphatic rings. The minimum absolute atomic E-state index is 0.0961. The van der Waals surface area contributed by atoms with E-state index in [0.29, 0.717) is 13.0 Å². The molecule has 1 amide bonds. The van der Waals surface area contributed by atoms with Gasteiger partial charge in [-0.2, -0.15) is 0 Å². The monoisotopic (exact) mass is 270 g/mol. The molecule has 2 rings (SSSR count).